The number of rotatable bonds is 8. The van der Waals surface area contributed by atoms with E-state index in [2.05, 4.69) is 11.4 Å². The molecule has 0 aromatic carbocycles. The lowest BCUT2D eigenvalue weighted by atomic mass is 10.2. The number of hydrogen-bond donors (Lipinski definition) is 2. The summed E-state index contributed by atoms with van der Waals surface area (Å²) < 4.78 is 10.6. The van der Waals surface area contributed by atoms with Crippen LogP contribution in [0.3, 0.4) is 0 Å². The van der Waals surface area contributed by atoms with E-state index in [1.165, 1.54) is 29.7 Å². The third-order valence-corrected chi connectivity index (χ3v) is 4.85. The summed E-state index contributed by atoms with van der Waals surface area (Å²) >= 11 is 1.90. The average molecular weight is 307 g/mol. The van der Waals surface area contributed by atoms with Crippen molar-refractivity contribution in [3.63, 3.8) is 0 Å². The molecule has 0 radical (unpaired) electrons. The van der Waals surface area contributed by atoms with Gasteiger partial charge >= 0.3 is 0 Å². The second-order valence-corrected chi connectivity index (χ2v) is 6.62. The molecule has 0 saturated carbocycles. The van der Waals surface area contributed by atoms with Gasteiger partial charge in [0.25, 0.3) is 0 Å². The molecule has 0 saturated heterocycles. The van der Waals surface area contributed by atoms with E-state index in [4.69, 9.17) is 9.15 Å². The summed E-state index contributed by atoms with van der Waals surface area (Å²) in [6.45, 7) is 2.09. The zero-order chi connectivity index (χ0) is 14.5. The summed E-state index contributed by atoms with van der Waals surface area (Å²) in [7, 11) is 0. The van der Waals surface area contributed by atoms with Crippen molar-refractivity contribution in [1.29, 1.82) is 0 Å². The van der Waals surface area contributed by atoms with E-state index in [1.807, 2.05) is 23.5 Å². The fourth-order valence-corrected chi connectivity index (χ4v) is 3.82. The number of thiophene rings is 1. The van der Waals surface area contributed by atoms with Crippen molar-refractivity contribution in [1.82, 2.24) is 5.32 Å². The first-order chi connectivity index (χ1) is 10.3. The molecule has 0 bridgehead atoms. The van der Waals surface area contributed by atoms with Gasteiger partial charge in [-0.1, -0.05) is 0 Å². The van der Waals surface area contributed by atoms with E-state index in [0.29, 0.717) is 19.8 Å². The van der Waals surface area contributed by atoms with Crippen molar-refractivity contribution in [2.24, 2.45) is 0 Å². The van der Waals surface area contributed by atoms with Gasteiger partial charge in [0, 0.05) is 22.8 Å². The Morgan fingerprint density at radius 2 is 2.38 bits per heavy atom. The van der Waals surface area contributed by atoms with E-state index in [-0.39, 0.29) is 0 Å². The molecule has 1 unspecified atom stereocenters. The van der Waals surface area contributed by atoms with Crippen molar-refractivity contribution < 1.29 is 14.3 Å². The molecule has 0 amide bonds. The highest BCUT2D eigenvalue weighted by atomic mass is 32.1. The predicted molar refractivity (Wildman–Crippen MR) is 82.4 cm³/mol. The van der Waals surface area contributed by atoms with Gasteiger partial charge in [-0.05, 0) is 43.0 Å². The fraction of sp³-hybridized carbons (Fsp3) is 0.500. The van der Waals surface area contributed by atoms with Crippen LogP contribution in [0.2, 0.25) is 0 Å². The second kappa shape index (κ2) is 7.22. The minimum atomic E-state index is -0.494. The number of aryl methyl sites for hydroxylation is 2. The summed E-state index contributed by atoms with van der Waals surface area (Å²) in [5.41, 5.74) is 1.53. The minimum Gasteiger partial charge on any atom is -0.467 e. The van der Waals surface area contributed by atoms with Crippen molar-refractivity contribution in [3.8, 4) is 0 Å². The van der Waals surface area contributed by atoms with Crippen LogP contribution in [0.5, 0.6) is 0 Å². The Morgan fingerprint density at radius 3 is 3.19 bits per heavy atom. The normalized spacial score (nSPS) is 15.3. The molecule has 21 heavy (non-hydrogen) atoms. The van der Waals surface area contributed by atoms with Crippen LogP contribution in [-0.2, 0) is 30.7 Å². The van der Waals surface area contributed by atoms with Crippen molar-refractivity contribution >= 4 is 11.3 Å². The molecule has 5 heteroatoms. The van der Waals surface area contributed by atoms with Gasteiger partial charge in [0.05, 0.1) is 19.0 Å². The maximum Gasteiger partial charge on any atom is 0.129 e. The largest absolute Gasteiger partial charge is 0.467 e. The van der Waals surface area contributed by atoms with E-state index < -0.39 is 6.10 Å². The van der Waals surface area contributed by atoms with Crippen molar-refractivity contribution in [2.45, 2.75) is 38.5 Å². The molecule has 0 aliphatic heterocycles. The molecular weight excluding hydrogens is 286 g/mol. The Bertz CT molecular complexity index is 528. The number of aliphatic hydroxyl groups is 1. The number of fused-ring (bicyclic) bond motifs is 1. The molecule has 2 N–H and O–H groups in total. The Morgan fingerprint density at radius 1 is 1.43 bits per heavy atom. The lowest BCUT2D eigenvalue weighted by Gasteiger charge is -2.11. The van der Waals surface area contributed by atoms with Gasteiger partial charge in [-0.3, -0.25) is 0 Å². The summed E-state index contributed by atoms with van der Waals surface area (Å²) in [6.07, 6.45) is 4.90. The maximum atomic E-state index is 9.86. The molecule has 0 spiro atoms. The minimum absolute atomic E-state index is 0.314. The number of aliphatic hydroxyl groups excluding tert-OH is 1. The monoisotopic (exact) mass is 307 g/mol. The SMILES string of the molecule is OC(CNCc1cc2c(s1)CCC2)COCc1ccco1. The lowest BCUT2D eigenvalue weighted by molar-refractivity contribution is 0.0226. The van der Waals surface area contributed by atoms with Crippen LogP contribution in [0.25, 0.3) is 0 Å². The van der Waals surface area contributed by atoms with Gasteiger partial charge in [0.1, 0.15) is 12.4 Å². The summed E-state index contributed by atoms with van der Waals surface area (Å²) in [4.78, 5) is 2.91. The Kier molecular flexibility index (Phi) is 5.08. The number of nitrogens with one attached hydrogen (secondary N) is 1. The quantitative estimate of drug-likeness (QED) is 0.787. The second-order valence-electron chi connectivity index (χ2n) is 5.39. The van der Waals surface area contributed by atoms with Crippen LogP contribution < -0.4 is 5.32 Å². The van der Waals surface area contributed by atoms with E-state index in [0.717, 1.165) is 12.3 Å². The summed E-state index contributed by atoms with van der Waals surface area (Å²) in [5.74, 6) is 0.781. The highest BCUT2D eigenvalue weighted by molar-refractivity contribution is 7.12. The van der Waals surface area contributed by atoms with Gasteiger partial charge in [-0.15, -0.1) is 11.3 Å². The first-order valence-corrected chi connectivity index (χ1v) is 8.22. The van der Waals surface area contributed by atoms with Gasteiger partial charge < -0.3 is 19.6 Å². The zero-order valence-corrected chi connectivity index (χ0v) is 12.8. The highest BCUT2D eigenvalue weighted by Crippen LogP contribution is 2.30. The molecular formula is C16H21NO3S. The number of hydrogen-bond acceptors (Lipinski definition) is 5. The van der Waals surface area contributed by atoms with Gasteiger partial charge in [-0.2, -0.15) is 0 Å². The summed E-state index contributed by atoms with van der Waals surface area (Å²) in [5, 5.41) is 13.1. The number of ether oxygens (including phenoxy) is 1. The van der Waals surface area contributed by atoms with Crippen LogP contribution in [0.4, 0.5) is 0 Å². The number of furan rings is 1. The molecule has 3 rings (SSSR count). The smallest absolute Gasteiger partial charge is 0.129 e. The lowest BCUT2D eigenvalue weighted by Crippen LogP contribution is -2.29. The Labute approximate surface area is 128 Å². The molecule has 1 aliphatic carbocycles. The van der Waals surface area contributed by atoms with E-state index >= 15 is 0 Å². The third kappa shape index (κ3) is 4.17. The van der Waals surface area contributed by atoms with Crippen LogP contribution >= 0.6 is 11.3 Å². The van der Waals surface area contributed by atoms with Crippen LogP contribution in [0, 0.1) is 0 Å². The topological polar surface area (TPSA) is 54.6 Å². The van der Waals surface area contributed by atoms with E-state index in [9.17, 15) is 5.11 Å². The molecule has 2 aromatic rings. The van der Waals surface area contributed by atoms with Crippen molar-refractivity contribution in [2.75, 3.05) is 13.2 Å². The highest BCUT2D eigenvalue weighted by Gasteiger charge is 2.14. The van der Waals surface area contributed by atoms with Gasteiger partial charge in [-0.25, -0.2) is 0 Å². The molecule has 2 aromatic heterocycles. The molecule has 114 valence electrons. The van der Waals surface area contributed by atoms with Gasteiger partial charge in [0.15, 0.2) is 0 Å². The van der Waals surface area contributed by atoms with Crippen LogP contribution in [0.15, 0.2) is 28.9 Å². The van der Waals surface area contributed by atoms with Crippen LogP contribution in [0.1, 0.15) is 27.5 Å². The zero-order valence-electron chi connectivity index (χ0n) is 12.0. The van der Waals surface area contributed by atoms with Crippen LogP contribution in [-0.4, -0.2) is 24.4 Å². The first-order valence-electron chi connectivity index (χ1n) is 7.40. The standard InChI is InChI=1S/C16H21NO3S/c18-13(10-19-11-14-4-2-6-20-14)8-17-9-15-7-12-3-1-5-16(12)21-15/h2,4,6-7,13,17-18H,1,3,5,8-11H2. The molecule has 0 fully saturated rings. The predicted octanol–water partition coefficient (Wildman–Crippen LogP) is 2.50. The Balaban J connectivity index is 1.31. The van der Waals surface area contributed by atoms with Crippen molar-refractivity contribution in [3.05, 3.63) is 45.5 Å². The van der Waals surface area contributed by atoms with E-state index in [1.54, 1.807) is 11.1 Å². The molecule has 1 atom stereocenters. The average Bonchev–Trinajstić information content (AvgIpc) is 3.14. The molecule has 2 heterocycles. The summed E-state index contributed by atoms with van der Waals surface area (Å²) in [6, 6.07) is 6.00. The Hall–Kier alpha value is -1.14. The molecule has 4 nitrogen and oxygen atoms in total. The molecule has 1 aliphatic rings. The third-order valence-electron chi connectivity index (χ3n) is 3.61. The fourth-order valence-electron chi connectivity index (χ4n) is 2.59. The maximum absolute atomic E-state index is 9.86. The van der Waals surface area contributed by atoms with Gasteiger partial charge in [0.2, 0.25) is 0 Å². The first kappa shape index (κ1) is 14.8.